The number of carboxylic acids is 1. The van der Waals surface area contributed by atoms with Crippen LogP contribution in [0.5, 0.6) is 0 Å². The molecule has 21 heavy (non-hydrogen) atoms. The fourth-order valence-corrected chi connectivity index (χ4v) is 2.10. The first kappa shape index (κ1) is 16.6. The summed E-state index contributed by atoms with van der Waals surface area (Å²) in [6.45, 7) is 1.30. The van der Waals surface area contributed by atoms with Crippen molar-refractivity contribution in [2.24, 2.45) is 5.73 Å². The molecule has 0 aromatic carbocycles. The van der Waals surface area contributed by atoms with Crippen LogP contribution in [0.2, 0.25) is 0 Å². The minimum atomic E-state index is -1.28. The molecule has 3 amide bonds. The number of aromatic nitrogens is 1. The lowest BCUT2D eigenvalue weighted by molar-refractivity contribution is -0.139. The number of primary amides is 1. The summed E-state index contributed by atoms with van der Waals surface area (Å²) in [6, 6.07) is -1.24. The first-order valence-corrected chi connectivity index (χ1v) is 6.72. The Bertz CT molecular complexity index is 571. The fraction of sp³-hybridized carbons (Fsp3) is 0.364. The average molecular weight is 314 g/mol. The molecule has 0 spiro atoms. The molecule has 0 aliphatic heterocycles. The summed E-state index contributed by atoms with van der Waals surface area (Å²) in [5.74, 6) is -2.97. The minimum Gasteiger partial charge on any atom is -0.480 e. The SMILES string of the molecule is CC(=O)Nc1nc(C(=O)N[C@H](CCC(N)=O)C(=O)O)cs1. The highest BCUT2D eigenvalue weighted by molar-refractivity contribution is 7.14. The lowest BCUT2D eigenvalue weighted by Crippen LogP contribution is -2.41. The van der Waals surface area contributed by atoms with Crippen molar-refractivity contribution in [2.75, 3.05) is 5.32 Å². The third-order valence-corrected chi connectivity index (χ3v) is 3.06. The molecular formula is C11H14N4O5S. The second-order valence-electron chi connectivity index (χ2n) is 4.09. The van der Waals surface area contributed by atoms with E-state index in [0.29, 0.717) is 0 Å². The van der Waals surface area contributed by atoms with Gasteiger partial charge in [-0.1, -0.05) is 0 Å². The number of carbonyl (C=O) groups excluding carboxylic acids is 3. The van der Waals surface area contributed by atoms with E-state index in [4.69, 9.17) is 10.8 Å². The molecule has 0 radical (unpaired) electrons. The predicted molar refractivity (Wildman–Crippen MR) is 73.7 cm³/mol. The number of rotatable bonds is 7. The zero-order valence-corrected chi connectivity index (χ0v) is 11.9. The van der Waals surface area contributed by atoms with E-state index in [1.165, 1.54) is 12.3 Å². The van der Waals surface area contributed by atoms with Gasteiger partial charge in [-0.05, 0) is 6.42 Å². The highest BCUT2D eigenvalue weighted by Crippen LogP contribution is 2.15. The van der Waals surface area contributed by atoms with Crippen molar-refractivity contribution < 1.29 is 24.3 Å². The molecule has 0 unspecified atom stereocenters. The lowest BCUT2D eigenvalue weighted by Gasteiger charge is -2.12. The van der Waals surface area contributed by atoms with E-state index >= 15 is 0 Å². The summed E-state index contributed by atoms with van der Waals surface area (Å²) in [5, 5.41) is 15.2. The standard InChI is InChI=1S/C11H14N4O5S/c1-5(16)13-11-15-7(4-21-11)9(18)14-6(10(19)20)2-3-8(12)17/h4,6H,2-3H2,1H3,(H2,12,17)(H,14,18)(H,19,20)(H,13,15,16)/t6-/m1/s1. The van der Waals surface area contributed by atoms with Crippen LogP contribution >= 0.6 is 11.3 Å². The number of nitrogens with one attached hydrogen (secondary N) is 2. The smallest absolute Gasteiger partial charge is 0.326 e. The van der Waals surface area contributed by atoms with Gasteiger partial charge in [0.05, 0.1) is 0 Å². The molecule has 0 aliphatic carbocycles. The molecule has 1 aromatic rings. The van der Waals surface area contributed by atoms with Crippen LogP contribution in [0.25, 0.3) is 0 Å². The van der Waals surface area contributed by atoms with Crippen LogP contribution < -0.4 is 16.4 Å². The van der Waals surface area contributed by atoms with Crippen molar-refractivity contribution in [3.8, 4) is 0 Å². The maximum absolute atomic E-state index is 11.8. The molecule has 0 bridgehead atoms. The molecule has 1 rings (SSSR count). The van der Waals surface area contributed by atoms with Crippen molar-refractivity contribution >= 4 is 40.2 Å². The molecule has 5 N–H and O–H groups in total. The average Bonchev–Trinajstić information content (AvgIpc) is 2.81. The number of carbonyl (C=O) groups is 4. The van der Waals surface area contributed by atoms with Gasteiger partial charge in [-0.3, -0.25) is 14.4 Å². The van der Waals surface area contributed by atoms with Gasteiger partial charge in [0.1, 0.15) is 11.7 Å². The number of carboxylic acid groups (broad SMARTS) is 1. The van der Waals surface area contributed by atoms with Crippen molar-refractivity contribution in [3.05, 3.63) is 11.1 Å². The van der Waals surface area contributed by atoms with E-state index < -0.39 is 23.8 Å². The molecule has 9 nitrogen and oxygen atoms in total. The minimum absolute atomic E-state index is 0.0194. The maximum atomic E-state index is 11.8. The Hall–Kier alpha value is -2.49. The van der Waals surface area contributed by atoms with Crippen LogP contribution in [-0.2, 0) is 14.4 Å². The van der Waals surface area contributed by atoms with E-state index in [2.05, 4.69) is 15.6 Å². The topological polar surface area (TPSA) is 151 Å². The van der Waals surface area contributed by atoms with Gasteiger partial charge >= 0.3 is 5.97 Å². The van der Waals surface area contributed by atoms with Crippen LogP contribution in [0, 0.1) is 0 Å². The molecule has 0 fully saturated rings. The van der Waals surface area contributed by atoms with Gasteiger partial charge in [-0.25, -0.2) is 9.78 Å². The normalized spacial score (nSPS) is 11.5. The van der Waals surface area contributed by atoms with Gasteiger partial charge in [0.15, 0.2) is 5.13 Å². The van der Waals surface area contributed by atoms with Crippen LogP contribution in [0.3, 0.4) is 0 Å². The van der Waals surface area contributed by atoms with E-state index in [9.17, 15) is 19.2 Å². The summed E-state index contributed by atoms with van der Waals surface area (Å²) in [5.41, 5.74) is 4.92. The van der Waals surface area contributed by atoms with Crippen LogP contribution in [0.15, 0.2) is 5.38 Å². The Morgan fingerprint density at radius 1 is 1.43 bits per heavy atom. The number of nitrogens with two attached hydrogens (primary N) is 1. The largest absolute Gasteiger partial charge is 0.480 e. The maximum Gasteiger partial charge on any atom is 0.326 e. The molecule has 1 atom stereocenters. The van der Waals surface area contributed by atoms with E-state index in [0.717, 1.165) is 11.3 Å². The summed E-state index contributed by atoms with van der Waals surface area (Å²) in [7, 11) is 0. The zero-order valence-electron chi connectivity index (χ0n) is 11.1. The number of hydrogen-bond donors (Lipinski definition) is 4. The van der Waals surface area contributed by atoms with Gasteiger partial charge in [0, 0.05) is 18.7 Å². The van der Waals surface area contributed by atoms with Crippen LogP contribution in [-0.4, -0.2) is 39.8 Å². The van der Waals surface area contributed by atoms with Gasteiger partial charge in [0.2, 0.25) is 11.8 Å². The van der Waals surface area contributed by atoms with Gasteiger partial charge in [-0.15, -0.1) is 11.3 Å². The second kappa shape index (κ2) is 7.33. The first-order chi connectivity index (χ1) is 9.79. The van der Waals surface area contributed by atoms with Crippen molar-refractivity contribution in [1.29, 1.82) is 0 Å². The Balaban J connectivity index is 2.68. The molecule has 0 aliphatic rings. The van der Waals surface area contributed by atoms with Crippen LogP contribution in [0.4, 0.5) is 5.13 Å². The molecule has 1 heterocycles. The van der Waals surface area contributed by atoms with Gasteiger partial charge in [-0.2, -0.15) is 0 Å². The lowest BCUT2D eigenvalue weighted by atomic mass is 10.1. The first-order valence-electron chi connectivity index (χ1n) is 5.84. The molecule has 10 heteroatoms. The monoisotopic (exact) mass is 314 g/mol. The number of amides is 3. The molecule has 0 saturated carbocycles. The van der Waals surface area contributed by atoms with Crippen molar-refractivity contribution in [3.63, 3.8) is 0 Å². The number of anilines is 1. The van der Waals surface area contributed by atoms with E-state index in [1.807, 2.05) is 0 Å². The Morgan fingerprint density at radius 2 is 2.10 bits per heavy atom. The molecular weight excluding hydrogens is 300 g/mol. The zero-order chi connectivity index (χ0) is 16.0. The summed E-state index contributed by atoms with van der Waals surface area (Å²) in [6.07, 6.45) is -0.273. The number of hydrogen-bond acceptors (Lipinski definition) is 6. The molecule has 0 saturated heterocycles. The molecule has 114 valence electrons. The van der Waals surface area contributed by atoms with Crippen molar-refractivity contribution in [2.45, 2.75) is 25.8 Å². The van der Waals surface area contributed by atoms with Gasteiger partial charge < -0.3 is 21.5 Å². The van der Waals surface area contributed by atoms with Crippen molar-refractivity contribution in [1.82, 2.24) is 10.3 Å². The third-order valence-electron chi connectivity index (χ3n) is 2.30. The van der Waals surface area contributed by atoms with E-state index in [1.54, 1.807) is 0 Å². The summed E-state index contributed by atoms with van der Waals surface area (Å²) < 4.78 is 0. The van der Waals surface area contributed by atoms with E-state index in [-0.39, 0.29) is 29.6 Å². The highest BCUT2D eigenvalue weighted by atomic mass is 32.1. The fourth-order valence-electron chi connectivity index (χ4n) is 1.36. The quantitative estimate of drug-likeness (QED) is 0.535. The number of thiazole rings is 1. The summed E-state index contributed by atoms with van der Waals surface area (Å²) >= 11 is 1.03. The second-order valence-corrected chi connectivity index (χ2v) is 4.95. The highest BCUT2D eigenvalue weighted by Gasteiger charge is 2.22. The Morgan fingerprint density at radius 3 is 2.62 bits per heavy atom. The number of aliphatic carboxylic acids is 1. The third kappa shape index (κ3) is 5.57. The predicted octanol–water partition coefficient (Wildman–Crippen LogP) is -0.450. The van der Waals surface area contributed by atoms with Crippen LogP contribution in [0.1, 0.15) is 30.3 Å². The number of nitrogens with zero attached hydrogens (tertiary/aromatic N) is 1. The molecule has 1 aromatic heterocycles. The summed E-state index contributed by atoms with van der Waals surface area (Å²) in [4.78, 5) is 48.2. The Labute approximate surface area is 123 Å². The Kier molecular flexibility index (Phi) is 5.79. The van der Waals surface area contributed by atoms with Gasteiger partial charge in [0.25, 0.3) is 5.91 Å².